The van der Waals surface area contributed by atoms with Crippen molar-refractivity contribution in [3.8, 4) is 0 Å². The molecule has 0 bridgehead atoms. The molecule has 0 radical (unpaired) electrons. The van der Waals surface area contributed by atoms with E-state index < -0.39 is 0 Å². The Hall–Kier alpha value is -1.84. The number of rotatable bonds is 4. The Morgan fingerprint density at radius 2 is 1.89 bits per heavy atom. The van der Waals surface area contributed by atoms with Gasteiger partial charge in [0.25, 0.3) is 5.91 Å². The molecule has 1 aromatic rings. The predicted octanol–water partition coefficient (Wildman–Crippen LogP) is 2.28. The molecule has 18 heavy (non-hydrogen) atoms. The first-order chi connectivity index (χ1) is 8.86. The van der Waals surface area contributed by atoms with Crippen LogP contribution in [0.2, 0.25) is 0 Å². The zero-order valence-corrected chi connectivity index (χ0v) is 10.4. The van der Waals surface area contributed by atoms with E-state index in [-0.39, 0.29) is 5.91 Å². The van der Waals surface area contributed by atoms with E-state index in [0.29, 0.717) is 11.6 Å². The summed E-state index contributed by atoms with van der Waals surface area (Å²) in [6, 6.07) is 9.52. The normalized spacial score (nSPS) is 16.7. The molecule has 0 spiro atoms. The highest BCUT2D eigenvalue weighted by atomic mass is 16.2. The van der Waals surface area contributed by atoms with Crippen LogP contribution in [0.3, 0.4) is 0 Å². The number of nitrogens with zero attached hydrogens (tertiary/aromatic N) is 1. The van der Waals surface area contributed by atoms with Crippen LogP contribution in [0.4, 0.5) is 0 Å². The van der Waals surface area contributed by atoms with Gasteiger partial charge in [0.15, 0.2) is 0 Å². The molecule has 0 aromatic heterocycles. The summed E-state index contributed by atoms with van der Waals surface area (Å²) in [5, 5.41) is 0. The number of hydrogen-bond acceptors (Lipinski definition) is 2. The lowest BCUT2D eigenvalue weighted by Gasteiger charge is -2.17. The number of hydrogen-bond donors (Lipinski definition) is 2. The molecule has 4 heteroatoms. The number of amides is 1. The van der Waals surface area contributed by atoms with Crippen LogP contribution >= 0.6 is 0 Å². The topological polar surface area (TPSA) is 53.5 Å². The molecule has 1 aromatic carbocycles. The Bertz CT molecular complexity index is 397. The lowest BCUT2D eigenvalue weighted by molar-refractivity contribution is 0.0944. The van der Waals surface area contributed by atoms with Crippen molar-refractivity contribution in [3.63, 3.8) is 0 Å². The molecule has 4 nitrogen and oxygen atoms in total. The van der Waals surface area contributed by atoms with E-state index in [1.165, 1.54) is 19.3 Å². The van der Waals surface area contributed by atoms with Crippen LogP contribution in [0, 0.1) is 0 Å². The van der Waals surface area contributed by atoms with Gasteiger partial charge in [0.05, 0.1) is 6.04 Å². The molecule has 96 valence electrons. The van der Waals surface area contributed by atoms with Crippen molar-refractivity contribution < 1.29 is 4.79 Å². The lowest BCUT2D eigenvalue weighted by Crippen LogP contribution is -2.36. The molecule has 1 aliphatic carbocycles. The smallest absolute Gasteiger partial charge is 0.269 e. The van der Waals surface area contributed by atoms with Gasteiger partial charge >= 0.3 is 0 Å². The Morgan fingerprint density at radius 1 is 1.17 bits per heavy atom. The van der Waals surface area contributed by atoms with E-state index in [4.69, 9.17) is 0 Å². The minimum absolute atomic E-state index is 0.148. The fourth-order valence-corrected chi connectivity index (χ4v) is 2.13. The minimum Gasteiger partial charge on any atom is -0.288 e. The van der Waals surface area contributed by atoms with Gasteiger partial charge in [-0.15, -0.1) is 0 Å². The number of hydrazine groups is 1. The zero-order valence-electron chi connectivity index (χ0n) is 10.4. The van der Waals surface area contributed by atoms with Crippen molar-refractivity contribution in [2.75, 3.05) is 0 Å². The van der Waals surface area contributed by atoms with E-state index in [1.807, 2.05) is 18.2 Å². The van der Waals surface area contributed by atoms with Gasteiger partial charge in [0.2, 0.25) is 0 Å². The molecule has 2 rings (SSSR count). The van der Waals surface area contributed by atoms with Crippen LogP contribution in [0.5, 0.6) is 0 Å². The Kier molecular flexibility index (Phi) is 4.76. The molecule has 0 saturated heterocycles. The molecular weight excluding hydrogens is 226 g/mol. The summed E-state index contributed by atoms with van der Waals surface area (Å²) in [5.41, 5.74) is 5.98. The van der Waals surface area contributed by atoms with E-state index in [9.17, 15) is 4.79 Å². The summed E-state index contributed by atoms with van der Waals surface area (Å²) < 4.78 is 0. The Labute approximate surface area is 107 Å². The van der Waals surface area contributed by atoms with Crippen LogP contribution in [0.1, 0.15) is 42.5 Å². The number of carbonyl (C=O) groups is 1. The molecule has 0 unspecified atom stereocenters. The monoisotopic (exact) mass is 245 g/mol. The second kappa shape index (κ2) is 6.79. The van der Waals surface area contributed by atoms with Gasteiger partial charge in [-0.3, -0.25) is 20.6 Å². The van der Waals surface area contributed by atoms with Gasteiger partial charge in [-0.25, -0.2) is 0 Å². The standard InChI is InChI=1S/C14H19N3O/c18-14(12-7-3-1-4-8-12)17-16-11-15-13-9-5-2-6-10-13/h1,3-4,7-8,11,13H,2,5-6,9-10H2,(H,15,16)(H,17,18). The molecule has 0 heterocycles. The number of benzene rings is 1. The third-order valence-electron chi connectivity index (χ3n) is 3.15. The van der Waals surface area contributed by atoms with Gasteiger partial charge < -0.3 is 0 Å². The van der Waals surface area contributed by atoms with Gasteiger partial charge in [0, 0.05) is 5.56 Å². The summed E-state index contributed by atoms with van der Waals surface area (Å²) in [5.74, 6) is -0.148. The van der Waals surface area contributed by atoms with Gasteiger partial charge in [-0.05, 0) is 25.0 Å². The summed E-state index contributed by atoms with van der Waals surface area (Å²) in [6.45, 7) is 0. The van der Waals surface area contributed by atoms with Crippen molar-refractivity contribution in [1.29, 1.82) is 0 Å². The average molecular weight is 245 g/mol. The second-order valence-corrected chi connectivity index (χ2v) is 4.53. The lowest BCUT2D eigenvalue weighted by atomic mass is 9.96. The van der Waals surface area contributed by atoms with Crippen LogP contribution in [-0.2, 0) is 0 Å². The molecule has 0 aliphatic heterocycles. The summed E-state index contributed by atoms with van der Waals surface area (Å²) in [6.07, 6.45) is 7.76. The Balaban J connectivity index is 1.71. The number of carbonyl (C=O) groups excluding carboxylic acids is 1. The van der Waals surface area contributed by atoms with Crippen molar-refractivity contribution in [2.24, 2.45) is 4.99 Å². The van der Waals surface area contributed by atoms with Gasteiger partial charge in [-0.2, -0.15) is 0 Å². The maximum Gasteiger partial charge on any atom is 0.269 e. The molecule has 1 fully saturated rings. The number of nitrogens with one attached hydrogen (secondary N) is 2. The van der Waals surface area contributed by atoms with Crippen molar-refractivity contribution in [3.05, 3.63) is 35.9 Å². The van der Waals surface area contributed by atoms with Crippen LogP contribution in [0.15, 0.2) is 35.3 Å². The predicted molar refractivity (Wildman–Crippen MR) is 72.4 cm³/mol. The third-order valence-corrected chi connectivity index (χ3v) is 3.15. The Morgan fingerprint density at radius 3 is 2.61 bits per heavy atom. The summed E-state index contributed by atoms with van der Waals surface area (Å²) in [4.78, 5) is 16.1. The molecular formula is C14H19N3O. The highest BCUT2D eigenvalue weighted by Gasteiger charge is 2.10. The van der Waals surface area contributed by atoms with E-state index in [1.54, 1.807) is 18.5 Å². The zero-order chi connectivity index (χ0) is 12.6. The first-order valence-electron chi connectivity index (χ1n) is 6.49. The van der Waals surface area contributed by atoms with Crippen LogP contribution in [0.25, 0.3) is 0 Å². The maximum absolute atomic E-state index is 11.7. The quantitative estimate of drug-likeness (QED) is 0.486. The van der Waals surface area contributed by atoms with E-state index in [2.05, 4.69) is 15.8 Å². The fourth-order valence-electron chi connectivity index (χ4n) is 2.13. The van der Waals surface area contributed by atoms with Crippen LogP contribution in [-0.4, -0.2) is 18.3 Å². The van der Waals surface area contributed by atoms with E-state index in [0.717, 1.165) is 12.8 Å². The maximum atomic E-state index is 11.7. The average Bonchev–Trinajstić information content (AvgIpc) is 2.45. The molecule has 1 amide bonds. The highest BCUT2D eigenvalue weighted by molar-refractivity contribution is 5.94. The largest absolute Gasteiger partial charge is 0.288 e. The molecule has 1 aliphatic rings. The van der Waals surface area contributed by atoms with Crippen LogP contribution < -0.4 is 10.9 Å². The highest BCUT2D eigenvalue weighted by Crippen LogP contribution is 2.19. The van der Waals surface area contributed by atoms with Crippen molar-refractivity contribution in [1.82, 2.24) is 10.9 Å². The molecule has 1 saturated carbocycles. The van der Waals surface area contributed by atoms with Gasteiger partial charge in [-0.1, -0.05) is 37.5 Å². The molecule has 2 N–H and O–H groups in total. The summed E-state index contributed by atoms with van der Waals surface area (Å²) in [7, 11) is 0. The number of aliphatic imine (C=N–C) groups is 1. The third kappa shape index (κ3) is 3.87. The van der Waals surface area contributed by atoms with Gasteiger partial charge in [0.1, 0.15) is 6.34 Å². The SMILES string of the molecule is O=C(NNC=NC1CCCCC1)c1ccccc1. The molecule has 0 atom stereocenters. The van der Waals surface area contributed by atoms with E-state index >= 15 is 0 Å². The fraction of sp³-hybridized carbons (Fsp3) is 0.429. The first kappa shape index (κ1) is 12.6. The summed E-state index contributed by atoms with van der Waals surface area (Å²) >= 11 is 0. The minimum atomic E-state index is -0.148. The first-order valence-corrected chi connectivity index (χ1v) is 6.49. The van der Waals surface area contributed by atoms with Crippen molar-refractivity contribution >= 4 is 12.2 Å². The van der Waals surface area contributed by atoms with Crippen molar-refractivity contribution in [2.45, 2.75) is 38.1 Å². The second-order valence-electron chi connectivity index (χ2n) is 4.53.